The highest BCUT2D eigenvalue weighted by atomic mass is 15.2. The van der Waals surface area contributed by atoms with Crippen LogP contribution in [-0.4, -0.2) is 18.1 Å². The van der Waals surface area contributed by atoms with Gasteiger partial charge in [0, 0.05) is 51.9 Å². The summed E-state index contributed by atoms with van der Waals surface area (Å²) in [5, 5.41) is 0. The van der Waals surface area contributed by atoms with Crippen molar-refractivity contribution in [2.75, 3.05) is 14.7 Å². The lowest BCUT2D eigenvalue weighted by Crippen LogP contribution is -2.30. The van der Waals surface area contributed by atoms with Crippen LogP contribution in [0, 0.1) is 0 Å². The van der Waals surface area contributed by atoms with Crippen LogP contribution in [0.4, 0.5) is 34.1 Å². The fourth-order valence-corrected chi connectivity index (χ4v) is 9.63. The Bertz CT molecular complexity index is 2290. The molecule has 6 aliphatic rings. The Morgan fingerprint density at radius 2 is 0.686 bits per heavy atom. The van der Waals surface area contributed by atoms with Crippen LogP contribution in [-0.2, 0) is 0 Å². The van der Waals surface area contributed by atoms with Crippen LogP contribution < -0.4 is 14.7 Å². The van der Waals surface area contributed by atoms with E-state index in [0.29, 0.717) is 17.8 Å². The van der Waals surface area contributed by atoms with E-state index in [0.717, 1.165) is 0 Å². The highest BCUT2D eigenvalue weighted by Crippen LogP contribution is 2.53. The summed E-state index contributed by atoms with van der Waals surface area (Å²) in [6.45, 7) is 0. The Morgan fingerprint density at radius 3 is 1.12 bits per heavy atom. The molecule has 0 fully saturated rings. The second kappa shape index (κ2) is 11.2. The van der Waals surface area contributed by atoms with Gasteiger partial charge >= 0.3 is 0 Å². The van der Waals surface area contributed by atoms with Crippen molar-refractivity contribution in [2.45, 2.75) is 35.9 Å². The molecule has 244 valence electrons. The first-order valence-electron chi connectivity index (χ1n) is 18.3. The van der Waals surface area contributed by atoms with Crippen LogP contribution in [0.5, 0.6) is 0 Å². The van der Waals surface area contributed by atoms with Gasteiger partial charge in [-0.25, -0.2) is 0 Å². The number of benzene rings is 5. The molecule has 3 heterocycles. The Balaban J connectivity index is 1.06. The fraction of sp³-hybridized carbons (Fsp3) is 0.125. The van der Waals surface area contributed by atoms with E-state index in [1.807, 2.05) is 0 Å². The molecule has 0 aromatic heterocycles. The van der Waals surface area contributed by atoms with Gasteiger partial charge in [0.2, 0.25) is 0 Å². The predicted octanol–water partition coefficient (Wildman–Crippen LogP) is 11.5. The monoisotopic (exact) mass is 655 g/mol. The average molecular weight is 656 g/mol. The summed E-state index contributed by atoms with van der Waals surface area (Å²) >= 11 is 0. The molecule has 0 radical (unpaired) electrons. The van der Waals surface area contributed by atoms with Gasteiger partial charge in [0.05, 0.1) is 18.1 Å². The lowest BCUT2D eigenvalue weighted by Gasteiger charge is -2.33. The van der Waals surface area contributed by atoms with Gasteiger partial charge in [0.1, 0.15) is 0 Å². The molecular formula is C48H37N3. The molecule has 11 rings (SSSR count). The molecule has 5 aromatic carbocycles. The van der Waals surface area contributed by atoms with Crippen molar-refractivity contribution >= 4 is 34.1 Å². The summed E-state index contributed by atoms with van der Waals surface area (Å²) in [7, 11) is 0. The summed E-state index contributed by atoms with van der Waals surface area (Å²) in [5.41, 5.74) is 14.2. The molecule has 3 heteroatoms. The summed E-state index contributed by atoms with van der Waals surface area (Å²) < 4.78 is 0. The Kier molecular flexibility index (Phi) is 6.33. The van der Waals surface area contributed by atoms with E-state index < -0.39 is 0 Å². The lowest BCUT2D eigenvalue weighted by molar-refractivity contribution is 0.739. The molecular weight excluding hydrogens is 619 g/mol. The third-order valence-corrected chi connectivity index (χ3v) is 11.8. The Morgan fingerprint density at radius 1 is 0.314 bits per heavy atom. The normalized spacial score (nSPS) is 25.5. The van der Waals surface area contributed by atoms with E-state index >= 15 is 0 Å². The van der Waals surface area contributed by atoms with Crippen molar-refractivity contribution in [2.24, 2.45) is 0 Å². The first kappa shape index (κ1) is 28.7. The topological polar surface area (TPSA) is 9.72 Å². The Labute approximate surface area is 299 Å². The van der Waals surface area contributed by atoms with E-state index in [1.54, 1.807) is 0 Å². The van der Waals surface area contributed by atoms with Gasteiger partial charge in [-0.3, -0.25) is 0 Å². The summed E-state index contributed by atoms with van der Waals surface area (Å²) in [4.78, 5) is 7.66. The molecule has 0 amide bonds. The number of nitrogens with zero attached hydrogens (tertiary/aromatic N) is 3. The number of anilines is 6. The molecule has 0 saturated heterocycles. The molecule has 6 unspecified atom stereocenters. The number of allylic oxidation sites excluding steroid dienone is 6. The van der Waals surface area contributed by atoms with Crippen LogP contribution >= 0.6 is 0 Å². The molecule has 0 bridgehead atoms. The largest absolute Gasteiger partial charge is 0.333 e. The van der Waals surface area contributed by atoms with Gasteiger partial charge in [-0.15, -0.1) is 0 Å². The second-order valence-electron chi connectivity index (χ2n) is 14.4. The zero-order chi connectivity index (χ0) is 33.5. The average Bonchev–Trinajstić information content (AvgIpc) is 3.84. The van der Waals surface area contributed by atoms with Crippen molar-refractivity contribution in [3.8, 4) is 11.1 Å². The smallest absolute Gasteiger partial charge is 0.0629 e. The lowest BCUT2D eigenvalue weighted by atomic mass is 9.91. The van der Waals surface area contributed by atoms with E-state index in [-0.39, 0.29) is 18.1 Å². The van der Waals surface area contributed by atoms with Crippen molar-refractivity contribution in [1.82, 2.24) is 0 Å². The van der Waals surface area contributed by atoms with E-state index in [9.17, 15) is 0 Å². The quantitative estimate of drug-likeness (QED) is 0.191. The van der Waals surface area contributed by atoms with Crippen molar-refractivity contribution < 1.29 is 0 Å². The van der Waals surface area contributed by atoms with Gasteiger partial charge < -0.3 is 14.7 Å². The zero-order valence-electron chi connectivity index (χ0n) is 28.2. The summed E-state index contributed by atoms with van der Waals surface area (Å²) in [5.74, 6) is 1.03. The molecule has 5 aromatic rings. The molecule has 0 N–H and O–H groups in total. The third kappa shape index (κ3) is 4.31. The molecule has 6 atom stereocenters. The Hall–Kier alpha value is -6.06. The molecule has 3 aliphatic carbocycles. The molecule has 3 nitrogen and oxygen atoms in total. The van der Waals surface area contributed by atoms with Crippen molar-refractivity contribution in [3.63, 3.8) is 0 Å². The predicted molar refractivity (Wildman–Crippen MR) is 212 cm³/mol. The highest BCUT2D eigenvalue weighted by molar-refractivity contribution is 5.86. The maximum Gasteiger partial charge on any atom is 0.0629 e. The number of hydrogen-bond donors (Lipinski definition) is 0. The standard InChI is InChI=1S/C48H37N3/c1-7-19-43-37(13-1)38-14-2-8-20-44(38)49(43)34-27-25-32(26-28-34)33-29-35(50-45-21-9-3-15-39(45)40-16-4-10-22-46(40)50)31-36(30-33)51-47-23-11-5-17-41(47)42-18-6-12-24-48(42)51/h1-31,37,39,41,43,45,47H. The van der Waals surface area contributed by atoms with E-state index in [4.69, 9.17) is 0 Å². The van der Waals surface area contributed by atoms with Gasteiger partial charge in [-0.2, -0.15) is 0 Å². The van der Waals surface area contributed by atoms with Crippen LogP contribution in [0.1, 0.15) is 34.4 Å². The SMILES string of the molecule is C1=CC2c3ccccc3N(c3ccc(-c4cc(N5c6ccccc6C6C=CC=CC65)cc(N5c6ccccc6C6C=CC=CC65)c4)cc3)C2C=C1. The van der Waals surface area contributed by atoms with E-state index in [2.05, 4.69) is 203 Å². The van der Waals surface area contributed by atoms with Crippen LogP contribution in [0.2, 0.25) is 0 Å². The minimum atomic E-state index is 0.231. The maximum atomic E-state index is 2.57. The summed E-state index contributed by atoms with van der Waals surface area (Å²) in [6.07, 6.45) is 27.4. The van der Waals surface area contributed by atoms with Crippen LogP contribution in [0.15, 0.2) is 188 Å². The number of para-hydroxylation sites is 3. The van der Waals surface area contributed by atoms with E-state index in [1.165, 1.54) is 61.9 Å². The van der Waals surface area contributed by atoms with Gasteiger partial charge in [-0.1, -0.05) is 140 Å². The highest BCUT2D eigenvalue weighted by Gasteiger charge is 2.40. The van der Waals surface area contributed by atoms with Crippen LogP contribution in [0.25, 0.3) is 11.1 Å². The third-order valence-electron chi connectivity index (χ3n) is 11.8. The number of hydrogen-bond acceptors (Lipinski definition) is 3. The molecule has 51 heavy (non-hydrogen) atoms. The number of rotatable bonds is 4. The minimum Gasteiger partial charge on any atom is -0.333 e. The molecule has 0 saturated carbocycles. The van der Waals surface area contributed by atoms with Crippen molar-refractivity contribution in [3.05, 3.63) is 205 Å². The number of fused-ring (bicyclic) bond motifs is 9. The minimum absolute atomic E-state index is 0.231. The van der Waals surface area contributed by atoms with Crippen LogP contribution in [0.3, 0.4) is 0 Å². The van der Waals surface area contributed by atoms with Gasteiger partial charge in [-0.05, 0) is 76.3 Å². The van der Waals surface area contributed by atoms with Gasteiger partial charge in [0.15, 0.2) is 0 Å². The summed E-state index contributed by atoms with van der Waals surface area (Å²) in [6, 6.07) is 44.1. The zero-order valence-corrected chi connectivity index (χ0v) is 28.2. The fourth-order valence-electron chi connectivity index (χ4n) is 9.63. The second-order valence-corrected chi connectivity index (χ2v) is 14.4. The molecule has 3 aliphatic heterocycles. The first-order valence-corrected chi connectivity index (χ1v) is 18.3. The van der Waals surface area contributed by atoms with Gasteiger partial charge in [0.25, 0.3) is 0 Å². The first-order chi connectivity index (χ1) is 25.3. The van der Waals surface area contributed by atoms with Crippen molar-refractivity contribution in [1.29, 1.82) is 0 Å². The molecule has 0 spiro atoms. The maximum absolute atomic E-state index is 2.57.